The topological polar surface area (TPSA) is 84.2 Å². The molecule has 1 atom stereocenters. The van der Waals surface area contributed by atoms with Crippen LogP contribution in [0.1, 0.15) is 50.4 Å². The van der Waals surface area contributed by atoms with E-state index < -0.39 is 10.0 Å². The zero-order valence-corrected chi connectivity index (χ0v) is 22.5. The number of hydrogen-bond donors (Lipinski definition) is 0. The van der Waals surface area contributed by atoms with Crippen molar-refractivity contribution in [2.24, 2.45) is 0 Å². The highest BCUT2D eigenvalue weighted by Crippen LogP contribution is 2.30. The van der Waals surface area contributed by atoms with Crippen molar-refractivity contribution in [3.05, 3.63) is 72.2 Å². The summed E-state index contributed by atoms with van der Waals surface area (Å²) in [7, 11) is -3.55. The van der Waals surface area contributed by atoms with Gasteiger partial charge in [-0.05, 0) is 44.0 Å². The van der Waals surface area contributed by atoms with E-state index in [1.165, 1.54) is 0 Å². The molecule has 2 aromatic heterocycles. The van der Waals surface area contributed by atoms with Gasteiger partial charge in [0.05, 0.1) is 22.2 Å². The molecular formula is C28H34N6O2S. The summed E-state index contributed by atoms with van der Waals surface area (Å²) in [4.78, 5) is 12.6. The zero-order chi connectivity index (χ0) is 26.0. The van der Waals surface area contributed by atoms with Crippen LogP contribution in [0, 0.1) is 6.92 Å². The molecule has 4 aromatic rings. The van der Waals surface area contributed by atoms with Crippen LogP contribution in [0.15, 0.2) is 65.7 Å². The molecule has 0 aliphatic carbocycles. The van der Waals surface area contributed by atoms with Crippen molar-refractivity contribution in [1.29, 1.82) is 0 Å². The molecule has 1 saturated heterocycles. The second kappa shape index (κ2) is 10.6. The summed E-state index contributed by atoms with van der Waals surface area (Å²) in [6.07, 6.45) is 4.58. The summed E-state index contributed by atoms with van der Waals surface area (Å²) in [5, 5.41) is 5.55. The minimum absolute atomic E-state index is 0.206. The minimum Gasteiger partial charge on any atom is -0.355 e. The normalized spacial score (nSPS) is 16.1. The molecule has 9 heteroatoms. The summed E-state index contributed by atoms with van der Waals surface area (Å²) in [5.74, 6) is 1.84. The van der Waals surface area contributed by atoms with Gasteiger partial charge in [-0.2, -0.15) is 9.40 Å². The van der Waals surface area contributed by atoms with Crippen LogP contribution in [0.3, 0.4) is 0 Å². The lowest BCUT2D eigenvalue weighted by molar-refractivity contribution is 0.433. The largest absolute Gasteiger partial charge is 0.355 e. The van der Waals surface area contributed by atoms with E-state index in [1.54, 1.807) is 16.4 Å². The summed E-state index contributed by atoms with van der Waals surface area (Å²) < 4.78 is 30.2. The maximum atomic E-state index is 13.4. The number of sulfonamides is 1. The molecule has 0 saturated carbocycles. The monoisotopic (exact) mass is 518 g/mol. The van der Waals surface area contributed by atoms with E-state index in [0.717, 1.165) is 46.8 Å². The molecule has 0 radical (unpaired) electrons. The van der Waals surface area contributed by atoms with Crippen molar-refractivity contribution in [3.8, 4) is 5.69 Å². The Morgan fingerprint density at radius 3 is 2.43 bits per heavy atom. The summed E-state index contributed by atoms with van der Waals surface area (Å²) >= 11 is 0. The first-order chi connectivity index (χ1) is 17.9. The fourth-order valence-electron chi connectivity index (χ4n) is 4.90. The molecule has 1 aliphatic rings. The third-order valence-corrected chi connectivity index (χ3v) is 8.91. The highest BCUT2D eigenvalue weighted by molar-refractivity contribution is 7.89. The number of fused-ring (bicyclic) bond motifs is 1. The van der Waals surface area contributed by atoms with E-state index in [0.29, 0.717) is 37.5 Å². The number of benzene rings is 2. The highest BCUT2D eigenvalue weighted by Gasteiger charge is 2.29. The third kappa shape index (κ3) is 5.10. The number of nitrogens with zero attached hydrogens (tertiary/aromatic N) is 6. The van der Waals surface area contributed by atoms with Crippen molar-refractivity contribution in [3.63, 3.8) is 0 Å². The third-order valence-electron chi connectivity index (χ3n) is 7.00. The van der Waals surface area contributed by atoms with Gasteiger partial charge in [0, 0.05) is 32.1 Å². The van der Waals surface area contributed by atoms with Crippen molar-refractivity contribution >= 4 is 26.9 Å². The molecule has 0 N–H and O–H groups in total. The second-order valence-electron chi connectivity index (χ2n) is 9.78. The van der Waals surface area contributed by atoms with E-state index in [-0.39, 0.29) is 5.92 Å². The van der Waals surface area contributed by atoms with E-state index in [4.69, 9.17) is 9.97 Å². The Bertz CT molecular complexity index is 1470. The molecule has 0 bridgehead atoms. The fourth-order valence-corrected chi connectivity index (χ4v) is 6.37. The summed E-state index contributed by atoms with van der Waals surface area (Å²) in [6.45, 7) is 8.42. The van der Waals surface area contributed by atoms with Crippen LogP contribution < -0.4 is 4.90 Å². The lowest BCUT2D eigenvalue weighted by atomic mass is 10.1. The molecule has 3 heterocycles. The first kappa shape index (κ1) is 25.4. The fraction of sp³-hybridized carbons (Fsp3) is 0.393. The second-order valence-corrected chi connectivity index (χ2v) is 11.7. The Kier molecular flexibility index (Phi) is 7.26. The predicted molar refractivity (Wildman–Crippen MR) is 147 cm³/mol. The van der Waals surface area contributed by atoms with E-state index in [9.17, 15) is 8.42 Å². The van der Waals surface area contributed by atoms with Crippen molar-refractivity contribution < 1.29 is 8.42 Å². The van der Waals surface area contributed by atoms with Gasteiger partial charge in [-0.25, -0.2) is 23.1 Å². The number of aromatic nitrogens is 4. The highest BCUT2D eigenvalue weighted by atomic mass is 32.2. The lowest BCUT2D eigenvalue weighted by Gasteiger charge is -2.24. The van der Waals surface area contributed by atoms with Gasteiger partial charge in [-0.3, -0.25) is 0 Å². The van der Waals surface area contributed by atoms with Crippen molar-refractivity contribution in [2.45, 2.75) is 50.8 Å². The average molecular weight is 519 g/mol. The van der Waals surface area contributed by atoms with Crippen LogP contribution in [0.2, 0.25) is 0 Å². The van der Waals surface area contributed by atoms with Crippen LogP contribution in [0.5, 0.6) is 0 Å². The first-order valence-electron chi connectivity index (χ1n) is 13.0. The zero-order valence-electron chi connectivity index (χ0n) is 21.7. The van der Waals surface area contributed by atoms with Gasteiger partial charge in [0.15, 0.2) is 5.65 Å². The predicted octanol–water partition coefficient (Wildman–Crippen LogP) is 4.93. The van der Waals surface area contributed by atoms with Gasteiger partial charge in [0.1, 0.15) is 11.6 Å². The van der Waals surface area contributed by atoms with E-state index in [2.05, 4.69) is 23.8 Å². The van der Waals surface area contributed by atoms with Gasteiger partial charge in [0.25, 0.3) is 0 Å². The minimum atomic E-state index is -3.55. The number of anilines is 1. The van der Waals surface area contributed by atoms with Crippen molar-refractivity contribution in [2.75, 3.05) is 31.1 Å². The number of hydrogen-bond acceptors (Lipinski definition) is 6. The van der Waals surface area contributed by atoms with Crippen LogP contribution in [-0.2, 0) is 10.0 Å². The summed E-state index contributed by atoms with van der Waals surface area (Å²) in [6, 6.07) is 17.1. The van der Waals surface area contributed by atoms with Crippen LogP contribution in [0.25, 0.3) is 16.7 Å². The standard InChI is InChI=1S/C28H34N6O2S/c1-4-9-22(3)26-30-27(25-20-29-34(28(25)31-26)23-10-6-5-7-11-23)32-16-8-17-33(19-18-32)37(35,36)24-14-12-21(2)13-15-24/h5-7,10-15,20,22H,4,8-9,16-19H2,1-3H3. The van der Waals surface area contributed by atoms with E-state index in [1.807, 2.05) is 60.3 Å². The number of aryl methyl sites for hydroxylation is 1. The molecule has 8 nitrogen and oxygen atoms in total. The molecule has 5 rings (SSSR count). The Morgan fingerprint density at radius 1 is 0.946 bits per heavy atom. The smallest absolute Gasteiger partial charge is 0.243 e. The van der Waals surface area contributed by atoms with Gasteiger partial charge < -0.3 is 4.90 Å². The molecule has 194 valence electrons. The molecular weight excluding hydrogens is 484 g/mol. The molecule has 1 unspecified atom stereocenters. The van der Waals surface area contributed by atoms with Crippen LogP contribution in [-0.4, -0.2) is 58.7 Å². The molecule has 2 aromatic carbocycles. The SMILES string of the molecule is CCCC(C)c1nc(N2CCCN(S(=O)(=O)c3ccc(C)cc3)CC2)c2cnn(-c3ccccc3)c2n1. The maximum Gasteiger partial charge on any atom is 0.243 e. The Labute approximate surface area is 219 Å². The van der Waals surface area contributed by atoms with Crippen LogP contribution >= 0.6 is 0 Å². The number of para-hydroxylation sites is 1. The van der Waals surface area contributed by atoms with E-state index >= 15 is 0 Å². The lowest BCUT2D eigenvalue weighted by Crippen LogP contribution is -2.35. The van der Waals surface area contributed by atoms with Gasteiger partial charge in [-0.15, -0.1) is 0 Å². The van der Waals surface area contributed by atoms with Gasteiger partial charge in [0.2, 0.25) is 10.0 Å². The number of rotatable bonds is 7. The average Bonchev–Trinajstić information content (AvgIpc) is 3.17. The Morgan fingerprint density at radius 2 is 1.70 bits per heavy atom. The maximum absolute atomic E-state index is 13.4. The van der Waals surface area contributed by atoms with Gasteiger partial charge >= 0.3 is 0 Å². The summed E-state index contributed by atoms with van der Waals surface area (Å²) in [5.41, 5.74) is 2.77. The quantitative estimate of drug-likeness (QED) is 0.345. The molecule has 37 heavy (non-hydrogen) atoms. The molecule has 1 fully saturated rings. The molecule has 0 amide bonds. The van der Waals surface area contributed by atoms with Gasteiger partial charge in [-0.1, -0.05) is 56.2 Å². The first-order valence-corrected chi connectivity index (χ1v) is 14.5. The Hall–Kier alpha value is -3.30. The molecule has 0 spiro atoms. The van der Waals surface area contributed by atoms with Crippen molar-refractivity contribution in [1.82, 2.24) is 24.1 Å². The van der Waals surface area contributed by atoms with Crippen LogP contribution in [0.4, 0.5) is 5.82 Å². The Balaban J connectivity index is 1.50. The molecule has 1 aliphatic heterocycles.